The smallest absolute Gasteiger partial charge is 0.408 e. The Morgan fingerprint density at radius 2 is 1.93 bits per heavy atom. The van der Waals surface area contributed by atoms with Crippen LogP contribution in [0, 0.1) is 11.8 Å². The van der Waals surface area contributed by atoms with E-state index in [1.807, 2.05) is 54.8 Å². The second-order valence-corrected chi connectivity index (χ2v) is 12.7. The minimum atomic E-state index is -0.861. The highest BCUT2D eigenvalue weighted by Crippen LogP contribution is 2.30. The Balaban J connectivity index is 1.57. The number of nitrogens with zero attached hydrogens (tertiary/aromatic N) is 4. The molecule has 2 amide bonds. The number of nitrogens with one attached hydrogen (secondary N) is 1. The van der Waals surface area contributed by atoms with Gasteiger partial charge in [0.25, 0.3) is 0 Å². The number of fused-ring (bicyclic) bond motifs is 3. The minimum Gasteiger partial charge on any atom is -0.472 e. The lowest BCUT2D eigenvalue weighted by molar-refractivity contribution is -0.140. The molecule has 0 radical (unpaired) electrons. The summed E-state index contributed by atoms with van der Waals surface area (Å²) in [7, 11) is 0. The molecule has 4 rings (SSSR count). The third kappa shape index (κ3) is 7.91. The summed E-state index contributed by atoms with van der Waals surface area (Å²) in [6.07, 6.45) is 9.53. The van der Waals surface area contributed by atoms with Gasteiger partial charge in [-0.1, -0.05) is 38.1 Å². The molecule has 5 atom stereocenters. The van der Waals surface area contributed by atoms with Gasteiger partial charge in [0.1, 0.15) is 17.7 Å². The maximum Gasteiger partial charge on any atom is 0.408 e. The first-order chi connectivity index (χ1) is 20.4. The lowest BCUT2D eigenvalue weighted by Crippen LogP contribution is -2.55. The maximum absolute atomic E-state index is 14.2. The highest BCUT2D eigenvalue weighted by atomic mass is 16.6. The second-order valence-electron chi connectivity index (χ2n) is 12.7. The van der Waals surface area contributed by atoms with Crippen LogP contribution in [0.5, 0.6) is 5.88 Å². The Labute approximate surface area is 253 Å². The number of ketones is 1. The summed E-state index contributed by atoms with van der Waals surface area (Å²) < 4.78 is 13.8. The Hall–Kier alpha value is -3.95. The quantitative estimate of drug-likeness (QED) is 0.283. The third-order valence-electron chi connectivity index (χ3n) is 7.85. The van der Waals surface area contributed by atoms with E-state index in [9.17, 15) is 14.4 Å². The summed E-state index contributed by atoms with van der Waals surface area (Å²) in [5.74, 6) is 0.597. The second kappa shape index (κ2) is 13.6. The molecule has 1 fully saturated rings. The molecule has 0 spiro atoms. The number of para-hydroxylation sites is 1. The van der Waals surface area contributed by atoms with Crippen LogP contribution in [0.2, 0.25) is 0 Å². The number of alkyl carbamates (subject to hydrolysis) is 1. The van der Waals surface area contributed by atoms with Crippen LogP contribution in [0.1, 0.15) is 74.1 Å². The molecular formula is C33H45N5O5. The van der Waals surface area contributed by atoms with Crippen molar-refractivity contribution >= 4 is 34.5 Å². The topological polar surface area (TPSA) is 115 Å². The normalized spacial score (nSPS) is 19.5. The Kier molecular flexibility index (Phi) is 10.1. The number of carbonyl (C=O) groups excluding carboxylic acids is 3. The first-order valence-electron chi connectivity index (χ1n) is 15.2. The lowest BCUT2D eigenvalue weighted by atomic mass is 9.88. The van der Waals surface area contributed by atoms with Gasteiger partial charge in [0.15, 0.2) is 5.78 Å². The maximum atomic E-state index is 14.2. The molecule has 2 aromatic heterocycles. The van der Waals surface area contributed by atoms with Crippen molar-refractivity contribution in [2.45, 2.75) is 97.9 Å². The summed E-state index contributed by atoms with van der Waals surface area (Å²) in [6.45, 7) is 13.1. The molecule has 0 saturated carbocycles. The van der Waals surface area contributed by atoms with Gasteiger partial charge in [0, 0.05) is 18.8 Å². The van der Waals surface area contributed by atoms with E-state index in [0.717, 1.165) is 30.2 Å². The fourth-order valence-electron chi connectivity index (χ4n) is 5.84. The zero-order valence-corrected chi connectivity index (χ0v) is 26.4. The monoisotopic (exact) mass is 591 g/mol. The van der Waals surface area contributed by atoms with Crippen LogP contribution in [0.15, 0.2) is 48.8 Å². The molecule has 1 aliphatic rings. The van der Waals surface area contributed by atoms with Crippen molar-refractivity contribution in [2.24, 2.45) is 11.8 Å². The number of Topliss-reactive ketones (excluding diaryl/α,β-unsaturated/α-hetero) is 1. The van der Waals surface area contributed by atoms with Crippen molar-refractivity contribution in [1.82, 2.24) is 24.6 Å². The van der Waals surface area contributed by atoms with Gasteiger partial charge in [-0.25, -0.2) is 9.78 Å². The van der Waals surface area contributed by atoms with Gasteiger partial charge in [-0.15, -0.1) is 0 Å². The van der Waals surface area contributed by atoms with Gasteiger partial charge in [-0.3, -0.25) is 14.0 Å². The summed E-state index contributed by atoms with van der Waals surface area (Å²) in [5.41, 5.74) is 0.175. The van der Waals surface area contributed by atoms with E-state index in [-0.39, 0.29) is 24.2 Å². The lowest BCUT2D eigenvalue weighted by Gasteiger charge is -2.32. The standard InChI is InChI=1S/C33H45N5O5/c1-8-9-10-13-21(2)18-22(3)28(35-32(41)43-33(5,6)7)30(40)38-20-24(19-27(38)23(4)39)42-29-25-14-11-12-15-26(25)37-17-16-34-31(37)36-29/h8-9,11-12,14-17,21-22,24,27-28H,10,13,18-20H2,1-7H3,(H,35,41). The third-order valence-corrected chi connectivity index (χ3v) is 7.85. The number of imidazole rings is 1. The molecule has 10 nitrogen and oxygen atoms in total. The van der Waals surface area contributed by atoms with E-state index in [1.165, 1.54) is 6.92 Å². The molecule has 43 heavy (non-hydrogen) atoms. The van der Waals surface area contributed by atoms with E-state index in [4.69, 9.17) is 9.47 Å². The molecule has 1 N–H and O–H groups in total. The van der Waals surface area contributed by atoms with Crippen LogP contribution in [0.25, 0.3) is 16.7 Å². The molecule has 3 aromatic rings. The zero-order valence-electron chi connectivity index (χ0n) is 26.4. The molecular weight excluding hydrogens is 546 g/mol. The number of amides is 2. The van der Waals surface area contributed by atoms with Crippen molar-refractivity contribution in [2.75, 3.05) is 6.54 Å². The molecule has 0 aliphatic carbocycles. The summed E-state index contributed by atoms with van der Waals surface area (Å²) >= 11 is 0. The predicted octanol–water partition coefficient (Wildman–Crippen LogP) is 5.73. The van der Waals surface area contributed by atoms with Crippen molar-refractivity contribution in [3.63, 3.8) is 0 Å². The number of hydrogen-bond acceptors (Lipinski definition) is 7. The van der Waals surface area contributed by atoms with Crippen LogP contribution in [0.4, 0.5) is 4.79 Å². The molecule has 5 unspecified atom stereocenters. The van der Waals surface area contributed by atoms with Crippen LogP contribution < -0.4 is 10.1 Å². The fraction of sp³-hybridized carbons (Fsp3) is 0.545. The van der Waals surface area contributed by atoms with E-state index in [0.29, 0.717) is 24.0 Å². The van der Waals surface area contributed by atoms with Crippen molar-refractivity contribution < 1.29 is 23.9 Å². The van der Waals surface area contributed by atoms with Crippen LogP contribution in [-0.2, 0) is 14.3 Å². The number of rotatable bonds is 11. The van der Waals surface area contributed by atoms with E-state index in [1.54, 1.807) is 31.9 Å². The van der Waals surface area contributed by atoms with Crippen molar-refractivity contribution in [3.05, 3.63) is 48.8 Å². The number of benzene rings is 1. The predicted molar refractivity (Wildman–Crippen MR) is 166 cm³/mol. The largest absolute Gasteiger partial charge is 0.472 e. The SMILES string of the molecule is CC=CCCC(C)CC(C)C(NC(=O)OC(C)(C)C)C(=O)N1CC(Oc2nc3nccn3c3ccccc23)CC1C(C)=O. The molecule has 3 heterocycles. The average Bonchev–Trinajstić information content (AvgIpc) is 3.58. The number of likely N-dealkylation sites (tertiary alicyclic amines) is 1. The van der Waals surface area contributed by atoms with Crippen LogP contribution >= 0.6 is 0 Å². The Bertz CT molecular complexity index is 1480. The number of aromatic nitrogens is 3. The zero-order chi connectivity index (χ0) is 31.3. The van der Waals surface area contributed by atoms with Crippen molar-refractivity contribution in [3.8, 4) is 5.88 Å². The van der Waals surface area contributed by atoms with Gasteiger partial charge in [0.2, 0.25) is 17.6 Å². The van der Waals surface area contributed by atoms with E-state index in [2.05, 4.69) is 28.3 Å². The number of carbonyl (C=O) groups is 3. The number of hydrogen-bond donors (Lipinski definition) is 1. The Morgan fingerprint density at radius 1 is 1.19 bits per heavy atom. The average molecular weight is 592 g/mol. The van der Waals surface area contributed by atoms with Crippen LogP contribution in [-0.4, -0.2) is 67.4 Å². The van der Waals surface area contributed by atoms with Gasteiger partial charge < -0.3 is 19.7 Å². The molecule has 1 aromatic carbocycles. The van der Waals surface area contributed by atoms with E-state index >= 15 is 0 Å². The summed E-state index contributed by atoms with van der Waals surface area (Å²) in [6, 6.07) is 6.21. The number of allylic oxidation sites excluding steroid dienone is 2. The minimum absolute atomic E-state index is 0.135. The molecule has 10 heteroatoms. The first-order valence-corrected chi connectivity index (χ1v) is 15.2. The van der Waals surface area contributed by atoms with Gasteiger partial charge >= 0.3 is 6.09 Å². The fourth-order valence-corrected chi connectivity index (χ4v) is 5.84. The van der Waals surface area contributed by atoms with Crippen molar-refractivity contribution in [1.29, 1.82) is 0 Å². The molecule has 1 aliphatic heterocycles. The van der Waals surface area contributed by atoms with Gasteiger partial charge in [-0.2, -0.15) is 4.98 Å². The van der Waals surface area contributed by atoms with Gasteiger partial charge in [0.05, 0.1) is 23.5 Å². The molecule has 0 bridgehead atoms. The van der Waals surface area contributed by atoms with Crippen LogP contribution in [0.3, 0.4) is 0 Å². The summed E-state index contributed by atoms with van der Waals surface area (Å²) in [5, 5.41) is 3.65. The summed E-state index contributed by atoms with van der Waals surface area (Å²) in [4.78, 5) is 50.5. The highest BCUT2D eigenvalue weighted by Gasteiger charge is 2.43. The molecule has 1 saturated heterocycles. The van der Waals surface area contributed by atoms with E-state index < -0.39 is 29.9 Å². The molecule has 232 valence electrons. The number of ether oxygens (including phenoxy) is 2. The first kappa shape index (κ1) is 32.0. The van der Waals surface area contributed by atoms with Gasteiger partial charge in [-0.05, 0) is 77.8 Å². The Morgan fingerprint density at radius 3 is 2.63 bits per heavy atom. The highest BCUT2D eigenvalue weighted by molar-refractivity contribution is 5.92.